The highest BCUT2D eigenvalue weighted by molar-refractivity contribution is 6.07. The molecule has 0 heterocycles. The zero-order chi connectivity index (χ0) is 21.5. The molecule has 1 N–H and O–H groups in total. The molecule has 0 saturated carbocycles. The fourth-order valence-corrected chi connectivity index (χ4v) is 2.39. The van der Waals surface area contributed by atoms with Crippen molar-refractivity contribution in [3.8, 4) is 11.5 Å². The standard InChI is InChI=1S/C21H29NO6/c1-14(15(2)23)17(24)9-7-16-8-10-18(19(13-16)27-6)28-12-11-22(20(25)26)21(3,4)5/h7-10,13-14H,11-12H2,1-6H3,(H,25,26)/b9-7+. The Morgan fingerprint density at radius 2 is 1.86 bits per heavy atom. The van der Waals surface area contributed by atoms with Gasteiger partial charge in [-0.05, 0) is 58.4 Å². The van der Waals surface area contributed by atoms with Crippen LogP contribution in [-0.4, -0.2) is 53.5 Å². The number of Topliss-reactive ketones (excluding diaryl/α,β-unsaturated/α-hetero) is 1. The van der Waals surface area contributed by atoms with E-state index in [1.54, 1.807) is 31.2 Å². The van der Waals surface area contributed by atoms with Crippen LogP contribution >= 0.6 is 0 Å². The molecule has 0 radical (unpaired) electrons. The summed E-state index contributed by atoms with van der Waals surface area (Å²) in [7, 11) is 1.50. The topological polar surface area (TPSA) is 93.1 Å². The van der Waals surface area contributed by atoms with Gasteiger partial charge in [-0.15, -0.1) is 0 Å². The number of nitrogens with zero attached hydrogens (tertiary/aromatic N) is 1. The van der Waals surface area contributed by atoms with E-state index in [0.29, 0.717) is 11.5 Å². The number of amides is 1. The number of ether oxygens (including phenoxy) is 2. The molecule has 0 aromatic heterocycles. The summed E-state index contributed by atoms with van der Waals surface area (Å²) in [5.74, 6) is -0.167. The highest BCUT2D eigenvalue weighted by Gasteiger charge is 2.25. The lowest BCUT2D eigenvalue weighted by Crippen LogP contribution is -2.46. The number of benzene rings is 1. The van der Waals surface area contributed by atoms with E-state index in [1.165, 1.54) is 25.0 Å². The molecule has 0 fully saturated rings. The lowest BCUT2D eigenvalue weighted by molar-refractivity contribution is -0.128. The van der Waals surface area contributed by atoms with Crippen molar-refractivity contribution in [2.24, 2.45) is 5.92 Å². The molecule has 7 nitrogen and oxygen atoms in total. The van der Waals surface area contributed by atoms with E-state index in [0.717, 1.165) is 5.56 Å². The normalized spacial score (nSPS) is 12.5. The largest absolute Gasteiger partial charge is 0.493 e. The first kappa shape index (κ1) is 23.2. The molecular weight excluding hydrogens is 362 g/mol. The van der Waals surface area contributed by atoms with Crippen LogP contribution in [0.2, 0.25) is 0 Å². The summed E-state index contributed by atoms with van der Waals surface area (Å²) < 4.78 is 11.0. The van der Waals surface area contributed by atoms with Crippen LogP contribution in [0.1, 0.15) is 40.2 Å². The van der Waals surface area contributed by atoms with Gasteiger partial charge >= 0.3 is 6.09 Å². The third-order valence-electron chi connectivity index (χ3n) is 4.28. The Morgan fingerprint density at radius 1 is 1.21 bits per heavy atom. The van der Waals surface area contributed by atoms with Crippen LogP contribution in [0.4, 0.5) is 4.79 Å². The molecule has 1 aromatic rings. The lowest BCUT2D eigenvalue weighted by atomic mass is 10.0. The summed E-state index contributed by atoms with van der Waals surface area (Å²) in [5.41, 5.74) is 0.187. The van der Waals surface area contributed by atoms with Crippen molar-refractivity contribution >= 4 is 23.7 Å². The third-order valence-corrected chi connectivity index (χ3v) is 4.28. The molecule has 1 unspecified atom stereocenters. The van der Waals surface area contributed by atoms with Crippen LogP contribution < -0.4 is 9.47 Å². The second-order valence-electron chi connectivity index (χ2n) is 7.43. The molecule has 0 aliphatic rings. The maximum Gasteiger partial charge on any atom is 0.407 e. The Labute approximate surface area is 165 Å². The molecule has 0 saturated heterocycles. The van der Waals surface area contributed by atoms with E-state index in [1.807, 2.05) is 20.8 Å². The molecule has 0 aliphatic heterocycles. The predicted octanol–water partition coefficient (Wildman–Crippen LogP) is 3.66. The summed E-state index contributed by atoms with van der Waals surface area (Å²) in [6, 6.07) is 5.15. The van der Waals surface area contributed by atoms with E-state index < -0.39 is 17.6 Å². The van der Waals surface area contributed by atoms with Crippen molar-refractivity contribution in [3.05, 3.63) is 29.8 Å². The number of rotatable bonds is 9. The van der Waals surface area contributed by atoms with E-state index >= 15 is 0 Å². The van der Waals surface area contributed by atoms with Crippen LogP contribution in [-0.2, 0) is 9.59 Å². The fraction of sp³-hybridized carbons (Fsp3) is 0.476. The molecule has 7 heteroatoms. The van der Waals surface area contributed by atoms with E-state index in [9.17, 15) is 19.5 Å². The molecule has 0 aliphatic carbocycles. The molecular formula is C21H29NO6. The van der Waals surface area contributed by atoms with Crippen LogP contribution in [0.5, 0.6) is 11.5 Å². The van der Waals surface area contributed by atoms with Gasteiger partial charge in [-0.3, -0.25) is 9.59 Å². The number of hydrogen-bond acceptors (Lipinski definition) is 5. The number of carbonyl (C=O) groups excluding carboxylic acids is 2. The SMILES string of the molecule is COc1cc(/C=C/C(=O)C(C)C(C)=O)ccc1OCCN(C(=O)O)C(C)(C)C. The zero-order valence-corrected chi connectivity index (χ0v) is 17.3. The minimum absolute atomic E-state index is 0.170. The first-order chi connectivity index (χ1) is 13.0. The summed E-state index contributed by atoms with van der Waals surface area (Å²) in [5, 5.41) is 9.31. The summed E-state index contributed by atoms with van der Waals surface area (Å²) >= 11 is 0. The van der Waals surface area contributed by atoms with Crippen LogP contribution in [0.3, 0.4) is 0 Å². The van der Waals surface area contributed by atoms with Gasteiger partial charge in [0.25, 0.3) is 0 Å². The Kier molecular flexibility index (Phi) is 8.22. The van der Waals surface area contributed by atoms with Gasteiger partial charge in [-0.25, -0.2) is 4.79 Å². The average molecular weight is 391 g/mol. The van der Waals surface area contributed by atoms with Crippen molar-refractivity contribution < 1.29 is 29.0 Å². The number of methoxy groups -OCH3 is 1. The van der Waals surface area contributed by atoms with Gasteiger partial charge in [0, 0.05) is 5.54 Å². The molecule has 1 aromatic carbocycles. The number of carboxylic acid groups (broad SMARTS) is 1. The van der Waals surface area contributed by atoms with Crippen molar-refractivity contribution in [1.82, 2.24) is 4.90 Å². The number of allylic oxidation sites excluding steroid dienone is 1. The van der Waals surface area contributed by atoms with E-state index in [2.05, 4.69) is 0 Å². The molecule has 1 amide bonds. The van der Waals surface area contributed by atoms with Gasteiger partial charge in [0.2, 0.25) is 0 Å². The molecule has 154 valence electrons. The minimum Gasteiger partial charge on any atom is -0.493 e. The van der Waals surface area contributed by atoms with Gasteiger partial charge in [0.05, 0.1) is 19.6 Å². The highest BCUT2D eigenvalue weighted by atomic mass is 16.5. The van der Waals surface area contributed by atoms with Crippen LogP contribution in [0.25, 0.3) is 6.08 Å². The number of carbonyl (C=O) groups is 3. The van der Waals surface area contributed by atoms with Gasteiger partial charge in [0.1, 0.15) is 12.4 Å². The second-order valence-corrected chi connectivity index (χ2v) is 7.43. The van der Waals surface area contributed by atoms with Crippen LogP contribution in [0, 0.1) is 5.92 Å². The molecule has 28 heavy (non-hydrogen) atoms. The van der Waals surface area contributed by atoms with Crippen molar-refractivity contribution in [2.45, 2.75) is 40.2 Å². The van der Waals surface area contributed by atoms with Gasteiger partial charge in [0.15, 0.2) is 17.3 Å². The highest BCUT2D eigenvalue weighted by Crippen LogP contribution is 2.29. The number of ketones is 2. The van der Waals surface area contributed by atoms with Gasteiger partial charge < -0.3 is 19.5 Å². The van der Waals surface area contributed by atoms with E-state index in [4.69, 9.17) is 9.47 Å². The Balaban J connectivity index is 2.82. The predicted molar refractivity (Wildman–Crippen MR) is 107 cm³/mol. The average Bonchev–Trinajstić information content (AvgIpc) is 2.61. The fourth-order valence-electron chi connectivity index (χ4n) is 2.39. The minimum atomic E-state index is -1.01. The summed E-state index contributed by atoms with van der Waals surface area (Å²) in [4.78, 5) is 35.8. The monoisotopic (exact) mass is 391 g/mol. The Hall–Kier alpha value is -2.83. The molecule has 0 spiro atoms. The van der Waals surface area contributed by atoms with E-state index in [-0.39, 0.29) is 24.7 Å². The summed E-state index contributed by atoms with van der Waals surface area (Å²) in [6.45, 7) is 8.79. The zero-order valence-electron chi connectivity index (χ0n) is 17.3. The quantitative estimate of drug-likeness (QED) is 0.510. The lowest BCUT2D eigenvalue weighted by Gasteiger charge is -2.33. The smallest absolute Gasteiger partial charge is 0.407 e. The molecule has 1 rings (SSSR count). The Bertz CT molecular complexity index is 748. The number of hydrogen-bond donors (Lipinski definition) is 1. The van der Waals surface area contributed by atoms with Gasteiger partial charge in [-0.1, -0.05) is 12.1 Å². The van der Waals surface area contributed by atoms with Crippen molar-refractivity contribution in [3.63, 3.8) is 0 Å². The third kappa shape index (κ3) is 6.72. The molecule has 0 bridgehead atoms. The maximum atomic E-state index is 11.9. The first-order valence-corrected chi connectivity index (χ1v) is 9.01. The van der Waals surface area contributed by atoms with Gasteiger partial charge in [-0.2, -0.15) is 0 Å². The molecule has 1 atom stereocenters. The maximum absolute atomic E-state index is 11.9. The summed E-state index contributed by atoms with van der Waals surface area (Å²) in [6.07, 6.45) is 1.97. The second kappa shape index (κ2) is 9.92. The first-order valence-electron chi connectivity index (χ1n) is 9.01. The Morgan fingerprint density at radius 3 is 2.36 bits per heavy atom. The van der Waals surface area contributed by atoms with Crippen LogP contribution in [0.15, 0.2) is 24.3 Å². The van der Waals surface area contributed by atoms with Crippen molar-refractivity contribution in [1.29, 1.82) is 0 Å². The van der Waals surface area contributed by atoms with Crippen molar-refractivity contribution in [2.75, 3.05) is 20.3 Å².